The van der Waals surface area contributed by atoms with E-state index in [1.165, 1.54) is 61.1 Å². The average Bonchev–Trinajstić information content (AvgIpc) is 3.20. The molecule has 0 saturated carbocycles. The number of ether oxygens (including phenoxy) is 2. The van der Waals surface area contributed by atoms with E-state index in [0.29, 0.717) is 16.3 Å². The lowest BCUT2D eigenvalue weighted by molar-refractivity contribution is -0.114. The van der Waals surface area contributed by atoms with Gasteiger partial charge >= 0.3 is 0 Å². The van der Waals surface area contributed by atoms with Crippen LogP contribution in [0, 0.1) is 0 Å². The highest BCUT2D eigenvalue weighted by Crippen LogP contribution is 2.29. The van der Waals surface area contributed by atoms with E-state index in [1.54, 1.807) is 18.2 Å². The van der Waals surface area contributed by atoms with Crippen molar-refractivity contribution < 1.29 is 27.5 Å². The third-order valence-electron chi connectivity index (χ3n) is 4.77. The zero-order valence-corrected chi connectivity index (χ0v) is 20.7. The topological polar surface area (TPSA) is 127 Å². The Hall–Kier alpha value is -2.90. The Kier molecular flexibility index (Phi) is 8.69. The summed E-state index contributed by atoms with van der Waals surface area (Å²) in [6.07, 6.45) is 0. The molecule has 0 aliphatic heterocycles. The molecule has 3 rings (SSSR count). The molecule has 3 aromatic rings. The Morgan fingerprint density at radius 2 is 1.65 bits per heavy atom. The first-order valence-electron chi connectivity index (χ1n) is 10.3. The first kappa shape index (κ1) is 25.7. The van der Waals surface area contributed by atoms with Crippen molar-refractivity contribution >= 4 is 54.2 Å². The number of fused-ring (bicyclic) bond motifs is 1. The zero-order chi connectivity index (χ0) is 24.7. The summed E-state index contributed by atoms with van der Waals surface area (Å²) in [6, 6.07) is 11.0. The Morgan fingerprint density at radius 1 is 1.00 bits per heavy atom. The molecule has 1 heterocycles. The lowest BCUT2D eigenvalue weighted by Crippen LogP contribution is -2.36. The monoisotopic (exact) mass is 506 g/mol. The van der Waals surface area contributed by atoms with Crippen LogP contribution in [0.1, 0.15) is 17.3 Å². The second-order valence-corrected chi connectivity index (χ2v) is 10.2. The average molecular weight is 507 g/mol. The number of nitrogens with one attached hydrogen (secondary N) is 2. The Balaban J connectivity index is 1.73. The number of hydrogen-bond acceptors (Lipinski definition) is 8. The molecule has 34 heavy (non-hydrogen) atoms. The van der Waals surface area contributed by atoms with Crippen molar-refractivity contribution in [3.05, 3.63) is 48.0 Å². The number of carbonyl (C=O) groups is 2. The third-order valence-corrected chi connectivity index (χ3v) is 7.62. The van der Waals surface area contributed by atoms with Gasteiger partial charge in [0.15, 0.2) is 5.13 Å². The van der Waals surface area contributed by atoms with Gasteiger partial charge in [-0.3, -0.25) is 14.9 Å². The van der Waals surface area contributed by atoms with Gasteiger partial charge in [-0.15, -0.1) is 0 Å². The lowest BCUT2D eigenvalue weighted by Gasteiger charge is -2.21. The van der Waals surface area contributed by atoms with Crippen molar-refractivity contribution in [1.82, 2.24) is 9.29 Å². The number of sulfonamides is 1. The summed E-state index contributed by atoms with van der Waals surface area (Å²) in [4.78, 5) is 28.4. The Labute approximate surface area is 201 Å². The van der Waals surface area contributed by atoms with Gasteiger partial charge in [-0.05, 0) is 42.5 Å². The molecule has 1 aromatic heterocycles. The van der Waals surface area contributed by atoms with Crippen molar-refractivity contribution in [2.75, 3.05) is 51.2 Å². The minimum absolute atomic E-state index is 0.0711. The van der Waals surface area contributed by atoms with Crippen LogP contribution < -0.4 is 10.6 Å². The van der Waals surface area contributed by atoms with Crippen LogP contribution in [0.4, 0.5) is 10.8 Å². The fourth-order valence-electron chi connectivity index (χ4n) is 3.09. The summed E-state index contributed by atoms with van der Waals surface area (Å²) < 4.78 is 38.1. The molecule has 0 bridgehead atoms. The maximum atomic E-state index is 13.0. The molecule has 2 aromatic carbocycles. The van der Waals surface area contributed by atoms with Crippen molar-refractivity contribution in [2.45, 2.75) is 11.8 Å². The standard InChI is InChI=1S/C22H26N4O6S2/c1-15(27)23-17-6-9-19-20(14-17)33-22(24-19)25-21(28)16-4-7-18(8-5-16)34(29,30)26(10-12-31-2)11-13-32-3/h4-9,14H,10-13H2,1-3H3,(H,23,27)(H,24,25,28). The van der Waals surface area contributed by atoms with Gasteiger partial charge in [0, 0.05) is 45.5 Å². The van der Waals surface area contributed by atoms with Gasteiger partial charge in [-0.2, -0.15) is 4.31 Å². The zero-order valence-electron chi connectivity index (χ0n) is 19.0. The first-order chi connectivity index (χ1) is 16.2. The number of benzene rings is 2. The van der Waals surface area contributed by atoms with Crippen LogP contribution in [0.3, 0.4) is 0 Å². The highest BCUT2D eigenvalue weighted by molar-refractivity contribution is 7.89. The van der Waals surface area contributed by atoms with Gasteiger partial charge in [0.2, 0.25) is 15.9 Å². The van der Waals surface area contributed by atoms with Crippen molar-refractivity contribution in [3.63, 3.8) is 0 Å². The molecular formula is C22H26N4O6S2. The van der Waals surface area contributed by atoms with E-state index < -0.39 is 15.9 Å². The van der Waals surface area contributed by atoms with E-state index >= 15 is 0 Å². The summed E-state index contributed by atoms with van der Waals surface area (Å²) in [5.74, 6) is -0.593. The van der Waals surface area contributed by atoms with Gasteiger partial charge < -0.3 is 14.8 Å². The number of anilines is 2. The number of hydrogen-bond donors (Lipinski definition) is 2. The van der Waals surface area contributed by atoms with Gasteiger partial charge in [0.1, 0.15) is 0 Å². The SMILES string of the molecule is COCCN(CCOC)S(=O)(=O)c1ccc(C(=O)Nc2nc3ccc(NC(C)=O)cc3s2)cc1. The molecule has 0 aliphatic carbocycles. The quantitative estimate of drug-likeness (QED) is 0.409. The van der Waals surface area contributed by atoms with E-state index in [-0.39, 0.29) is 42.7 Å². The fourth-order valence-corrected chi connectivity index (χ4v) is 5.40. The van der Waals surface area contributed by atoms with Crippen LogP contribution in [0.15, 0.2) is 47.4 Å². The highest BCUT2D eigenvalue weighted by atomic mass is 32.2. The maximum Gasteiger partial charge on any atom is 0.257 e. The number of nitrogens with zero attached hydrogens (tertiary/aromatic N) is 2. The van der Waals surface area contributed by atoms with Crippen molar-refractivity contribution in [1.29, 1.82) is 0 Å². The predicted octanol–water partition coefficient (Wildman–Crippen LogP) is 2.79. The number of rotatable bonds is 11. The minimum Gasteiger partial charge on any atom is -0.383 e. The Morgan fingerprint density at radius 3 is 2.24 bits per heavy atom. The molecule has 2 N–H and O–H groups in total. The second-order valence-electron chi connectivity index (χ2n) is 7.25. The molecule has 10 nitrogen and oxygen atoms in total. The fraction of sp³-hybridized carbons (Fsp3) is 0.318. The van der Waals surface area contributed by atoms with Gasteiger partial charge in [0.25, 0.3) is 5.91 Å². The van der Waals surface area contributed by atoms with E-state index in [9.17, 15) is 18.0 Å². The van der Waals surface area contributed by atoms with Gasteiger partial charge in [-0.1, -0.05) is 11.3 Å². The maximum absolute atomic E-state index is 13.0. The second kappa shape index (κ2) is 11.5. The highest BCUT2D eigenvalue weighted by Gasteiger charge is 2.24. The number of aromatic nitrogens is 1. The summed E-state index contributed by atoms with van der Waals surface area (Å²) >= 11 is 1.27. The molecule has 0 aliphatic rings. The Bertz CT molecular complexity index is 1250. The molecule has 0 unspecified atom stereocenters. The third kappa shape index (κ3) is 6.36. The summed E-state index contributed by atoms with van der Waals surface area (Å²) in [6.45, 7) is 2.29. The largest absolute Gasteiger partial charge is 0.383 e. The molecule has 182 valence electrons. The lowest BCUT2D eigenvalue weighted by atomic mass is 10.2. The van der Waals surface area contributed by atoms with Gasteiger partial charge in [0.05, 0.1) is 28.3 Å². The van der Waals surface area contributed by atoms with E-state index in [0.717, 1.165) is 4.70 Å². The first-order valence-corrected chi connectivity index (χ1v) is 12.6. The smallest absolute Gasteiger partial charge is 0.257 e. The summed E-state index contributed by atoms with van der Waals surface area (Å²) in [7, 11) is -0.772. The molecule has 0 spiro atoms. The number of thiazole rings is 1. The molecular weight excluding hydrogens is 480 g/mol. The van der Waals surface area contributed by atoms with Gasteiger partial charge in [-0.25, -0.2) is 13.4 Å². The van der Waals surface area contributed by atoms with Crippen LogP contribution in [-0.4, -0.2) is 70.0 Å². The molecule has 0 saturated heterocycles. The summed E-state index contributed by atoms with van der Waals surface area (Å²) in [5, 5.41) is 5.83. The minimum atomic E-state index is -3.78. The molecule has 0 fully saturated rings. The van der Waals surface area contributed by atoms with E-state index in [2.05, 4.69) is 15.6 Å². The number of amides is 2. The van der Waals surface area contributed by atoms with E-state index in [1.807, 2.05) is 0 Å². The molecule has 12 heteroatoms. The predicted molar refractivity (Wildman–Crippen MR) is 131 cm³/mol. The number of carbonyl (C=O) groups excluding carboxylic acids is 2. The van der Waals surface area contributed by atoms with Crippen molar-refractivity contribution in [3.8, 4) is 0 Å². The molecule has 0 atom stereocenters. The van der Waals surface area contributed by atoms with Crippen LogP contribution in [-0.2, 0) is 24.3 Å². The molecule has 0 radical (unpaired) electrons. The van der Waals surface area contributed by atoms with Crippen LogP contribution in [0.2, 0.25) is 0 Å². The normalized spacial score (nSPS) is 11.6. The van der Waals surface area contributed by atoms with Crippen LogP contribution in [0.5, 0.6) is 0 Å². The van der Waals surface area contributed by atoms with Crippen LogP contribution >= 0.6 is 11.3 Å². The number of methoxy groups -OCH3 is 2. The van der Waals surface area contributed by atoms with Crippen molar-refractivity contribution in [2.24, 2.45) is 0 Å². The summed E-state index contributed by atoms with van der Waals surface area (Å²) in [5.41, 5.74) is 1.61. The van der Waals surface area contributed by atoms with Crippen LogP contribution in [0.25, 0.3) is 10.2 Å². The molecule has 2 amide bonds. The van der Waals surface area contributed by atoms with E-state index in [4.69, 9.17) is 9.47 Å².